The molecule has 5 nitrogen and oxygen atoms in total. The summed E-state index contributed by atoms with van der Waals surface area (Å²) in [6, 6.07) is 4.10. The average Bonchev–Trinajstić information content (AvgIpc) is 2.86. The molecule has 1 amide bonds. The molecular formula is C14H20FN3O2. The van der Waals surface area contributed by atoms with Crippen LogP contribution in [0.4, 0.5) is 15.8 Å². The monoisotopic (exact) mass is 281 g/mol. The van der Waals surface area contributed by atoms with Crippen LogP contribution in [0.3, 0.4) is 0 Å². The van der Waals surface area contributed by atoms with Crippen LogP contribution in [0.2, 0.25) is 0 Å². The minimum absolute atomic E-state index is 0.112. The molecule has 1 aliphatic rings. The second-order valence-corrected chi connectivity index (χ2v) is 5.12. The van der Waals surface area contributed by atoms with Crippen LogP contribution in [-0.2, 0) is 9.53 Å². The SMILES string of the molecule is CN(CC(=O)Nc1cc(N)ccc1F)CC1CCCO1. The van der Waals surface area contributed by atoms with E-state index in [1.807, 2.05) is 11.9 Å². The van der Waals surface area contributed by atoms with E-state index in [2.05, 4.69) is 5.32 Å². The number of nitrogen functional groups attached to an aromatic ring is 1. The van der Waals surface area contributed by atoms with Gasteiger partial charge < -0.3 is 15.8 Å². The lowest BCUT2D eigenvalue weighted by Gasteiger charge is -2.20. The molecule has 0 spiro atoms. The number of carbonyl (C=O) groups excluding carboxylic acids is 1. The number of amides is 1. The van der Waals surface area contributed by atoms with Crippen molar-refractivity contribution >= 4 is 17.3 Å². The summed E-state index contributed by atoms with van der Waals surface area (Å²) in [4.78, 5) is 13.7. The molecule has 0 saturated carbocycles. The van der Waals surface area contributed by atoms with Gasteiger partial charge >= 0.3 is 0 Å². The molecule has 1 aromatic carbocycles. The van der Waals surface area contributed by atoms with Crippen molar-refractivity contribution in [2.24, 2.45) is 0 Å². The number of nitrogens with one attached hydrogen (secondary N) is 1. The van der Waals surface area contributed by atoms with Crippen molar-refractivity contribution < 1.29 is 13.9 Å². The third-order valence-corrected chi connectivity index (χ3v) is 3.22. The maximum absolute atomic E-state index is 13.5. The van der Waals surface area contributed by atoms with Gasteiger partial charge in [0.05, 0.1) is 18.3 Å². The molecule has 20 heavy (non-hydrogen) atoms. The molecule has 0 aliphatic carbocycles. The van der Waals surface area contributed by atoms with Crippen LogP contribution in [0.25, 0.3) is 0 Å². The summed E-state index contributed by atoms with van der Waals surface area (Å²) >= 11 is 0. The van der Waals surface area contributed by atoms with E-state index in [0.29, 0.717) is 12.2 Å². The summed E-state index contributed by atoms with van der Waals surface area (Å²) in [5.74, 6) is -0.760. The number of nitrogens with two attached hydrogens (primary N) is 1. The van der Waals surface area contributed by atoms with Crippen molar-refractivity contribution in [2.75, 3.05) is 37.8 Å². The first-order chi connectivity index (χ1) is 9.54. The molecule has 1 aromatic rings. The number of halogens is 1. The molecule has 1 saturated heterocycles. The molecule has 0 aromatic heterocycles. The van der Waals surface area contributed by atoms with Crippen molar-refractivity contribution in [1.82, 2.24) is 4.90 Å². The number of hydrogen-bond acceptors (Lipinski definition) is 4. The number of anilines is 2. The van der Waals surface area contributed by atoms with Crippen LogP contribution in [0, 0.1) is 5.82 Å². The molecule has 1 heterocycles. The van der Waals surface area contributed by atoms with Gasteiger partial charge in [-0.05, 0) is 38.1 Å². The molecule has 0 bridgehead atoms. The Labute approximate surface area is 117 Å². The highest BCUT2D eigenvalue weighted by Crippen LogP contribution is 2.17. The summed E-state index contributed by atoms with van der Waals surface area (Å²) in [5.41, 5.74) is 6.09. The second-order valence-electron chi connectivity index (χ2n) is 5.12. The number of likely N-dealkylation sites (N-methyl/N-ethyl adjacent to an activating group) is 1. The van der Waals surface area contributed by atoms with E-state index in [0.717, 1.165) is 19.4 Å². The number of hydrogen-bond donors (Lipinski definition) is 2. The number of rotatable bonds is 5. The van der Waals surface area contributed by atoms with Crippen molar-refractivity contribution in [1.29, 1.82) is 0 Å². The molecule has 110 valence electrons. The standard InChI is InChI=1S/C14H20FN3O2/c1-18(8-11-3-2-6-20-11)9-14(19)17-13-7-10(16)4-5-12(13)15/h4-5,7,11H,2-3,6,8-9,16H2,1H3,(H,17,19). The Bertz CT molecular complexity index is 475. The lowest BCUT2D eigenvalue weighted by atomic mass is 10.2. The zero-order chi connectivity index (χ0) is 14.5. The fraction of sp³-hybridized carbons (Fsp3) is 0.500. The van der Waals surface area contributed by atoms with E-state index in [1.165, 1.54) is 18.2 Å². The number of ether oxygens (including phenoxy) is 1. The van der Waals surface area contributed by atoms with Gasteiger partial charge in [0, 0.05) is 18.8 Å². The lowest BCUT2D eigenvalue weighted by Crippen LogP contribution is -2.35. The molecule has 1 unspecified atom stereocenters. The van der Waals surface area contributed by atoms with E-state index >= 15 is 0 Å². The van der Waals surface area contributed by atoms with Crippen molar-refractivity contribution in [3.05, 3.63) is 24.0 Å². The van der Waals surface area contributed by atoms with E-state index < -0.39 is 5.82 Å². The van der Waals surface area contributed by atoms with E-state index in [9.17, 15) is 9.18 Å². The summed E-state index contributed by atoms with van der Waals surface area (Å²) in [7, 11) is 1.84. The quantitative estimate of drug-likeness (QED) is 0.802. The van der Waals surface area contributed by atoms with Gasteiger partial charge in [-0.2, -0.15) is 0 Å². The fourth-order valence-electron chi connectivity index (χ4n) is 2.27. The van der Waals surface area contributed by atoms with Gasteiger partial charge in [-0.3, -0.25) is 9.69 Å². The largest absolute Gasteiger partial charge is 0.399 e. The zero-order valence-electron chi connectivity index (χ0n) is 11.6. The third kappa shape index (κ3) is 4.18. The van der Waals surface area contributed by atoms with Crippen LogP contribution >= 0.6 is 0 Å². The van der Waals surface area contributed by atoms with Crippen LogP contribution in [0.1, 0.15) is 12.8 Å². The highest BCUT2D eigenvalue weighted by Gasteiger charge is 2.18. The highest BCUT2D eigenvalue weighted by atomic mass is 19.1. The molecule has 1 fully saturated rings. The molecule has 0 radical (unpaired) electrons. The smallest absolute Gasteiger partial charge is 0.238 e. The second kappa shape index (κ2) is 6.67. The maximum atomic E-state index is 13.5. The van der Waals surface area contributed by atoms with Gasteiger partial charge in [0.25, 0.3) is 0 Å². The van der Waals surface area contributed by atoms with Crippen LogP contribution in [0.15, 0.2) is 18.2 Å². The van der Waals surface area contributed by atoms with Crippen LogP contribution in [0.5, 0.6) is 0 Å². The van der Waals surface area contributed by atoms with Gasteiger partial charge in [0.1, 0.15) is 5.82 Å². The topological polar surface area (TPSA) is 67.6 Å². The predicted octanol–water partition coefficient (Wildman–Crippen LogP) is 1.46. The molecule has 6 heteroatoms. The fourth-order valence-corrected chi connectivity index (χ4v) is 2.27. The van der Waals surface area contributed by atoms with Crippen LogP contribution < -0.4 is 11.1 Å². The lowest BCUT2D eigenvalue weighted by molar-refractivity contribution is -0.117. The Morgan fingerprint density at radius 2 is 2.40 bits per heavy atom. The number of carbonyl (C=O) groups is 1. The first-order valence-electron chi connectivity index (χ1n) is 6.69. The summed E-state index contributed by atoms with van der Waals surface area (Å²) in [6.07, 6.45) is 2.28. The minimum atomic E-state index is -0.491. The van der Waals surface area contributed by atoms with Gasteiger partial charge in [0.15, 0.2) is 0 Å². The first-order valence-corrected chi connectivity index (χ1v) is 6.69. The zero-order valence-corrected chi connectivity index (χ0v) is 11.6. The number of nitrogens with zero attached hydrogens (tertiary/aromatic N) is 1. The molecule has 3 N–H and O–H groups in total. The van der Waals surface area contributed by atoms with Crippen molar-refractivity contribution in [3.8, 4) is 0 Å². The molecular weight excluding hydrogens is 261 g/mol. The molecule has 1 atom stereocenters. The molecule has 1 aliphatic heterocycles. The Balaban J connectivity index is 1.83. The van der Waals surface area contributed by atoms with Gasteiger partial charge in [0.2, 0.25) is 5.91 Å². The van der Waals surface area contributed by atoms with Crippen molar-refractivity contribution in [3.63, 3.8) is 0 Å². The van der Waals surface area contributed by atoms with E-state index in [1.54, 1.807) is 0 Å². The minimum Gasteiger partial charge on any atom is -0.399 e. The summed E-state index contributed by atoms with van der Waals surface area (Å²) in [6.45, 7) is 1.68. The predicted molar refractivity (Wildman–Crippen MR) is 75.9 cm³/mol. The van der Waals surface area contributed by atoms with Gasteiger partial charge in [-0.25, -0.2) is 4.39 Å². The highest BCUT2D eigenvalue weighted by molar-refractivity contribution is 5.92. The van der Waals surface area contributed by atoms with Gasteiger partial charge in [-0.15, -0.1) is 0 Å². The van der Waals surface area contributed by atoms with E-state index in [-0.39, 0.29) is 24.2 Å². The summed E-state index contributed by atoms with van der Waals surface area (Å²) < 4.78 is 19.0. The summed E-state index contributed by atoms with van der Waals surface area (Å²) in [5, 5.41) is 2.53. The first kappa shape index (κ1) is 14.7. The molecule has 2 rings (SSSR count). The van der Waals surface area contributed by atoms with Gasteiger partial charge in [-0.1, -0.05) is 0 Å². The Kier molecular flexibility index (Phi) is 4.92. The van der Waals surface area contributed by atoms with Crippen LogP contribution in [-0.4, -0.2) is 43.7 Å². The average molecular weight is 281 g/mol. The third-order valence-electron chi connectivity index (χ3n) is 3.22. The Hall–Kier alpha value is -1.66. The maximum Gasteiger partial charge on any atom is 0.238 e. The normalized spacial score (nSPS) is 18.4. The number of benzene rings is 1. The van der Waals surface area contributed by atoms with E-state index in [4.69, 9.17) is 10.5 Å². The Morgan fingerprint density at radius 1 is 1.60 bits per heavy atom. The Morgan fingerprint density at radius 3 is 3.10 bits per heavy atom. The van der Waals surface area contributed by atoms with Crippen molar-refractivity contribution in [2.45, 2.75) is 18.9 Å².